The molecule has 1 aliphatic rings. The normalized spacial score (nSPS) is 15.4. The van der Waals surface area contributed by atoms with E-state index in [1.807, 2.05) is 56.3 Å². The Balaban J connectivity index is 1.28. The molecule has 46 heavy (non-hydrogen) atoms. The van der Waals surface area contributed by atoms with E-state index in [-0.39, 0.29) is 12.2 Å². The number of benzene rings is 3. The topological polar surface area (TPSA) is 135 Å². The Bertz CT molecular complexity index is 1820. The molecule has 0 saturated carbocycles. The number of halogens is 1. The maximum absolute atomic E-state index is 12.5. The van der Waals surface area contributed by atoms with Crippen LogP contribution in [0.2, 0.25) is 5.02 Å². The van der Waals surface area contributed by atoms with Crippen molar-refractivity contribution in [1.29, 1.82) is 0 Å². The summed E-state index contributed by atoms with van der Waals surface area (Å²) in [6.45, 7) is 6.34. The van der Waals surface area contributed by atoms with Crippen LogP contribution in [0.25, 0.3) is 10.9 Å². The van der Waals surface area contributed by atoms with E-state index in [0.29, 0.717) is 40.9 Å². The van der Waals surface area contributed by atoms with E-state index in [2.05, 4.69) is 31.8 Å². The number of aromatic nitrogens is 1. The summed E-state index contributed by atoms with van der Waals surface area (Å²) in [5, 5.41) is 22.0. The molecule has 2 atom stereocenters. The fourth-order valence-corrected chi connectivity index (χ4v) is 5.67. The second-order valence-electron chi connectivity index (χ2n) is 10.6. The van der Waals surface area contributed by atoms with Gasteiger partial charge in [0.05, 0.1) is 31.5 Å². The summed E-state index contributed by atoms with van der Waals surface area (Å²) in [5.41, 5.74) is 8.09. The molecule has 2 amide bonds. The van der Waals surface area contributed by atoms with E-state index < -0.39 is 24.3 Å². The predicted molar refractivity (Wildman–Crippen MR) is 176 cm³/mol. The van der Waals surface area contributed by atoms with Gasteiger partial charge >= 0.3 is 12.0 Å². The van der Waals surface area contributed by atoms with Gasteiger partial charge in [-0.05, 0) is 62.2 Å². The van der Waals surface area contributed by atoms with Gasteiger partial charge in [0.25, 0.3) is 0 Å². The summed E-state index contributed by atoms with van der Waals surface area (Å²) in [4.78, 5) is 24.7. The Morgan fingerprint density at radius 3 is 2.67 bits per heavy atom. The number of methoxy groups -OCH3 is 1. The highest BCUT2D eigenvalue weighted by molar-refractivity contribution is 6.30. The minimum absolute atomic E-state index is 0.136. The lowest BCUT2D eigenvalue weighted by Gasteiger charge is -2.28. The molecule has 3 aromatic carbocycles. The van der Waals surface area contributed by atoms with Gasteiger partial charge in [0.2, 0.25) is 0 Å². The molecule has 0 fully saturated rings. The molecule has 4 aromatic rings. The number of urea groups is 1. The van der Waals surface area contributed by atoms with Crippen LogP contribution in [0.1, 0.15) is 42.3 Å². The van der Waals surface area contributed by atoms with Crippen LogP contribution in [0.4, 0.5) is 4.79 Å². The van der Waals surface area contributed by atoms with Crippen molar-refractivity contribution >= 4 is 40.7 Å². The van der Waals surface area contributed by atoms with Gasteiger partial charge in [0, 0.05) is 39.4 Å². The fourth-order valence-electron chi connectivity index (χ4n) is 5.45. The minimum atomic E-state index is -1.13. The van der Waals surface area contributed by atoms with Gasteiger partial charge in [-0.2, -0.15) is 5.10 Å². The van der Waals surface area contributed by atoms with Crippen LogP contribution in [0.5, 0.6) is 11.5 Å². The Morgan fingerprint density at radius 2 is 1.91 bits per heavy atom. The zero-order valence-corrected chi connectivity index (χ0v) is 26.7. The van der Waals surface area contributed by atoms with Crippen molar-refractivity contribution in [1.82, 2.24) is 20.6 Å². The highest BCUT2D eigenvalue weighted by Gasteiger charge is 2.32. The zero-order chi connectivity index (χ0) is 32.8. The first kappa shape index (κ1) is 32.4. The first-order valence-corrected chi connectivity index (χ1v) is 15.1. The molecule has 240 valence electrons. The van der Waals surface area contributed by atoms with Crippen LogP contribution >= 0.6 is 11.6 Å². The number of esters is 1. The SMILES string of the molecule is CCOc1cc([C@H]2NC(=O)NC(C)=C2C(=O)OC)ccc1OC[C@H](O)N/N=C/c1c(C)n(Cc2cccc(Cl)c2)c2ccccc12. The highest BCUT2D eigenvalue weighted by atomic mass is 35.5. The molecule has 11 nitrogen and oxygen atoms in total. The summed E-state index contributed by atoms with van der Waals surface area (Å²) < 4.78 is 18.8. The summed E-state index contributed by atoms with van der Waals surface area (Å²) in [6, 6.07) is 19.7. The van der Waals surface area contributed by atoms with Gasteiger partial charge in [-0.1, -0.05) is 48.0 Å². The second kappa shape index (κ2) is 14.4. The molecule has 0 unspecified atom stereocenters. The first-order valence-electron chi connectivity index (χ1n) is 14.7. The van der Waals surface area contributed by atoms with Gasteiger partial charge in [-0.25, -0.2) is 9.59 Å². The molecule has 1 aromatic heterocycles. The monoisotopic (exact) mass is 645 g/mol. The molecule has 0 saturated heterocycles. The summed E-state index contributed by atoms with van der Waals surface area (Å²) in [5.74, 6) is 0.188. The molecule has 0 bridgehead atoms. The van der Waals surface area contributed by atoms with E-state index in [1.165, 1.54) is 7.11 Å². The van der Waals surface area contributed by atoms with Crippen molar-refractivity contribution in [3.63, 3.8) is 0 Å². The molecule has 12 heteroatoms. The van der Waals surface area contributed by atoms with Gasteiger partial charge in [0.15, 0.2) is 17.7 Å². The number of carbonyl (C=O) groups is 2. The number of allylic oxidation sites excluding steroid dienone is 1. The molecule has 1 aliphatic heterocycles. The molecular weight excluding hydrogens is 610 g/mol. The maximum Gasteiger partial charge on any atom is 0.337 e. The van der Waals surface area contributed by atoms with Crippen LogP contribution in [0, 0.1) is 6.92 Å². The highest BCUT2D eigenvalue weighted by Crippen LogP contribution is 2.35. The van der Waals surface area contributed by atoms with E-state index >= 15 is 0 Å². The number of carbonyl (C=O) groups excluding carboxylic acids is 2. The molecular formula is C34H36ClN5O6. The number of rotatable bonds is 12. The lowest BCUT2D eigenvalue weighted by molar-refractivity contribution is -0.136. The van der Waals surface area contributed by atoms with Crippen molar-refractivity contribution in [3.05, 3.63) is 105 Å². The standard InChI is InChI=1S/C34H36ClN5O6/c1-5-45-29-16-23(32-31(33(42)44-4)20(2)37-34(43)38-32)13-14-28(29)46-19-30(41)39-36-17-26-21(3)40(27-12-7-6-11-25(26)27)18-22-9-8-10-24(35)15-22/h6-17,30,32,39,41H,5,18-19H2,1-4H3,(H2,37,38,43)/b36-17+/t30-,32+/m0/s1. The molecule has 5 rings (SSSR count). The van der Waals surface area contributed by atoms with Crippen molar-refractivity contribution in [2.75, 3.05) is 20.3 Å². The van der Waals surface area contributed by atoms with Crippen LogP contribution < -0.4 is 25.5 Å². The minimum Gasteiger partial charge on any atom is -0.490 e. The number of amides is 2. The average molecular weight is 646 g/mol. The predicted octanol–water partition coefficient (Wildman–Crippen LogP) is 5.17. The smallest absolute Gasteiger partial charge is 0.337 e. The number of hydrogen-bond acceptors (Lipinski definition) is 8. The summed E-state index contributed by atoms with van der Waals surface area (Å²) >= 11 is 6.22. The number of aliphatic hydroxyl groups is 1. The number of hydrazone groups is 1. The lowest BCUT2D eigenvalue weighted by atomic mass is 9.95. The van der Waals surface area contributed by atoms with E-state index in [9.17, 15) is 14.7 Å². The lowest BCUT2D eigenvalue weighted by Crippen LogP contribution is -2.45. The fraction of sp³-hybridized carbons (Fsp3) is 0.265. The van der Waals surface area contributed by atoms with E-state index in [0.717, 1.165) is 27.7 Å². The number of ether oxygens (including phenoxy) is 3. The third kappa shape index (κ3) is 7.11. The van der Waals surface area contributed by atoms with Crippen molar-refractivity contribution in [3.8, 4) is 11.5 Å². The number of nitrogens with one attached hydrogen (secondary N) is 3. The van der Waals surface area contributed by atoms with Gasteiger partial charge in [-0.15, -0.1) is 0 Å². The second-order valence-corrected chi connectivity index (χ2v) is 11.1. The Kier molecular flexibility index (Phi) is 10.1. The zero-order valence-electron chi connectivity index (χ0n) is 26.0. The largest absolute Gasteiger partial charge is 0.490 e. The Morgan fingerprint density at radius 1 is 1.11 bits per heavy atom. The first-order chi connectivity index (χ1) is 22.2. The number of nitrogens with zero attached hydrogens (tertiary/aromatic N) is 2. The van der Waals surface area contributed by atoms with Crippen LogP contribution in [-0.4, -0.2) is 54.4 Å². The third-order valence-corrected chi connectivity index (χ3v) is 7.83. The summed E-state index contributed by atoms with van der Waals surface area (Å²) in [7, 11) is 1.28. The van der Waals surface area contributed by atoms with Crippen LogP contribution in [0.3, 0.4) is 0 Å². The molecule has 0 spiro atoms. The Labute approximate surface area is 271 Å². The molecule has 0 radical (unpaired) electrons. The van der Waals surface area contributed by atoms with Gasteiger partial charge in [-0.3, -0.25) is 5.43 Å². The molecule has 2 heterocycles. The quantitative estimate of drug-likeness (QED) is 0.0722. The van der Waals surface area contributed by atoms with Gasteiger partial charge < -0.3 is 34.5 Å². The number of aliphatic hydroxyl groups excluding tert-OH is 1. The molecule has 0 aliphatic carbocycles. The van der Waals surface area contributed by atoms with Crippen molar-refractivity contribution in [2.45, 2.75) is 39.6 Å². The van der Waals surface area contributed by atoms with Crippen LogP contribution in [0.15, 0.2) is 83.1 Å². The van der Waals surface area contributed by atoms with Gasteiger partial charge in [0.1, 0.15) is 6.61 Å². The number of fused-ring (bicyclic) bond motifs is 1. The molecule has 4 N–H and O–H groups in total. The Hall–Kier alpha value is -5.00. The maximum atomic E-state index is 12.5. The van der Waals surface area contributed by atoms with E-state index in [4.69, 9.17) is 25.8 Å². The third-order valence-electron chi connectivity index (χ3n) is 7.60. The van der Waals surface area contributed by atoms with Crippen molar-refractivity contribution < 1.29 is 28.9 Å². The number of para-hydroxylation sites is 1. The average Bonchev–Trinajstić information content (AvgIpc) is 3.29. The summed E-state index contributed by atoms with van der Waals surface area (Å²) in [6.07, 6.45) is 0.558. The number of hydrogen-bond donors (Lipinski definition) is 4. The van der Waals surface area contributed by atoms with Crippen LogP contribution in [-0.2, 0) is 16.1 Å². The van der Waals surface area contributed by atoms with E-state index in [1.54, 1.807) is 31.3 Å². The van der Waals surface area contributed by atoms with Crippen molar-refractivity contribution in [2.24, 2.45) is 5.10 Å².